The van der Waals surface area contributed by atoms with Crippen molar-refractivity contribution in [1.29, 1.82) is 0 Å². The fraction of sp³-hybridized carbons (Fsp3) is 1.00. The Hall–Kier alpha value is -0.120. The zero-order valence-corrected chi connectivity index (χ0v) is 12.5. The summed E-state index contributed by atoms with van der Waals surface area (Å²) in [5.74, 6) is 2.14. The molecule has 0 aromatic rings. The number of hydrogen-bond acceptors (Lipinski definition) is 3. The zero-order valence-electron chi connectivity index (χ0n) is 12.5. The minimum absolute atomic E-state index is 0.711. The van der Waals surface area contributed by atoms with E-state index in [1.54, 1.807) is 7.11 Å². The molecule has 0 radical (unpaired) electrons. The van der Waals surface area contributed by atoms with E-state index in [0.717, 1.165) is 44.1 Å². The molecule has 0 spiro atoms. The molecule has 1 N–H and O–H groups in total. The average Bonchev–Trinajstić information content (AvgIpc) is 3.27. The maximum absolute atomic E-state index is 5.47. The monoisotopic (exact) mass is 269 g/mol. The van der Waals surface area contributed by atoms with E-state index in [1.807, 2.05) is 0 Å². The van der Waals surface area contributed by atoms with Gasteiger partial charge in [0, 0.05) is 19.8 Å². The Labute approximate surface area is 118 Å². The third-order valence-electron chi connectivity index (χ3n) is 4.58. The van der Waals surface area contributed by atoms with Gasteiger partial charge in [0.25, 0.3) is 0 Å². The standard InChI is InChI=1S/C16H31NO2/c1-18-11-12-19-10-3-2-9-17-16-6-4-5-15(13-16)14-7-8-14/h14-17H,2-13H2,1H3. The number of unbranched alkanes of at least 4 members (excludes halogenated alkanes) is 1. The van der Waals surface area contributed by atoms with E-state index in [0.29, 0.717) is 6.61 Å². The second-order valence-electron chi connectivity index (χ2n) is 6.23. The van der Waals surface area contributed by atoms with Crippen LogP contribution in [0.5, 0.6) is 0 Å². The van der Waals surface area contributed by atoms with Crippen LogP contribution in [0, 0.1) is 11.8 Å². The smallest absolute Gasteiger partial charge is 0.0700 e. The molecule has 3 nitrogen and oxygen atoms in total. The van der Waals surface area contributed by atoms with Crippen molar-refractivity contribution in [2.45, 2.75) is 57.4 Å². The van der Waals surface area contributed by atoms with E-state index in [1.165, 1.54) is 44.9 Å². The Morgan fingerprint density at radius 3 is 2.63 bits per heavy atom. The minimum Gasteiger partial charge on any atom is -0.382 e. The van der Waals surface area contributed by atoms with Crippen LogP contribution < -0.4 is 5.32 Å². The molecule has 2 fully saturated rings. The van der Waals surface area contributed by atoms with Crippen molar-refractivity contribution in [1.82, 2.24) is 5.32 Å². The molecular formula is C16H31NO2. The van der Waals surface area contributed by atoms with Gasteiger partial charge in [-0.3, -0.25) is 0 Å². The van der Waals surface area contributed by atoms with Gasteiger partial charge in [-0.2, -0.15) is 0 Å². The molecule has 2 atom stereocenters. The first-order valence-corrected chi connectivity index (χ1v) is 8.20. The van der Waals surface area contributed by atoms with Crippen LogP contribution in [0.25, 0.3) is 0 Å². The summed E-state index contributed by atoms with van der Waals surface area (Å²) < 4.78 is 10.4. The lowest BCUT2D eigenvalue weighted by Crippen LogP contribution is -2.35. The van der Waals surface area contributed by atoms with Gasteiger partial charge in [-0.25, -0.2) is 0 Å². The van der Waals surface area contributed by atoms with Gasteiger partial charge in [-0.1, -0.05) is 12.8 Å². The summed E-state index contributed by atoms with van der Waals surface area (Å²) in [6, 6.07) is 0.800. The normalized spacial score (nSPS) is 27.6. The van der Waals surface area contributed by atoms with E-state index < -0.39 is 0 Å². The Kier molecular flexibility index (Phi) is 7.18. The molecule has 0 heterocycles. The van der Waals surface area contributed by atoms with Crippen LogP contribution in [0.4, 0.5) is 0 Å². The number of hydrogen-bond donors (Lipinski definition) is 1. The lowest BCUT2D eigenvalue weighted by Gasteiger charge is -2.30. The Morgan fingerprint density at radius 1 is 0.947 bits per heavy atom. The quantitative estimate of drug-likeness (QED) is 0.618. The van der Waals surface area contributed by atoms with Gasteiger partial charge in [-0.05, 0) is 56.9 Å². The predicted octanol–water partition coefficient (Wildman–Crippen LogP) is 2.99. The maximum atomic E-state index is 5.47. The fourth-order valence-corrected chi connectivity index (χ4v) is 3.29. The summed E-state index contributed by atoms with van der Waals surface area (Å²) in [6.45, 7) is 3.48. The molecule has 0 aromatic carbocycles. The Balaban J connectivity index is 1.42. The molecule has 0 bridgehead atoms. The van der Waals surface area contributed by atoms with E-state index in [4.69, 9.17) is 9.47 Å². The minimum atomic E-state index is 0.711. The molecule has 0 amide bonds. The van der Waals surface area contributed by atoms with E-state index >= 15 is 0 Å². The van der Waals surface area contributed by atoms with Crippen LogP contribution in [0.1, 0.15) is 51.4 Å². The molecule has 2 aliphatic rings. The number of rotatable bonds is 10. The third-order valence-corrected chi connectivity index (χ3v) is 4.58. The average molecular weight is 269 g/mol. The highest BCUT2D eigenvalue weighted by atomic mass is 16.5. The van der Waals surface area contributed by atoms with Crippen LogP contribution >= 0.6 is 0 Å². The molecular weight excluding hydrogens is 238 g/mol. The SMILES string of the molecule is COCCOCCCCNC1CCCC(C2CC2)C1. The fourth-order valence-electron chi connectivity index (χ4n) is 3.29. The van der Waals surface area contributed by atoms with Gasteiger partial charge in [-0.15, -0.1) is 0 Å². The molecule has 2 aliphatic carbocycles. The van der Waals surface area contributed by atoms with Crippen molar-refractivity contribution in [2.24, 2.45) is 11.8 Å². The Morgan fingerprint density at radius 2 is 1.84 bits per heavy atom. The summed E-state index contributed by atoms with van der Waals surface area (Å²) in [5.41, 5.74) is 0. The molecule has 2 saturated carbocycles. The van der Waals surface area contributed by atoms with Crippen molar-refractivity contribution < 1.29 is 9.47 Å². The van der Waals surface area contributed by atoms with Crippen LogP contribution in [-0.2, 0) is 9.47 Å². The highest BCUT2D eigenvalue weighted by Crippen LogP contribution is 2.43. The second-order valence-corrected chi connectivity index (χ2v) is 6.23. The summed E-state index contributed by atoms with van der Waals surface area (Å²) in [5, 5.41) is 3.76. The summed E-state index contributed by atoms with van der Waals surface area (Å²) in [4.78, 5) is 0. The molecule has 0 aromatic heterocycles. The molecule has 2 unspecified atom stereocenters. The van der Waals surface area contributed by atoms with Crippen molar-refractivity contribution in [3.05, 3.63) is 0 Å². The molecule has 112 valence electrons. The lowest BCUT2D eigenvalue weighted by atomic mass is 9.83. The van der Waals surface area contributed by atoms with Gasteiger partial charge in [0.2, 0.25) is 0 Å². The molecule has 19 heavy (non-hydrogen) atoms. The van der Waals surface area contributed by atoms with Crippen LogP contribution in [-0.4, -0.2) is 39.5 Å². The van der Waals surface area contributed by atoms with Gasteiger partial charge in [0.1, 0.15) is 0 Å². The van der Waals surface area contributed by atoms with Gasteiger partial charge in [0.05, 0.1) is 13.2 Å². The van der Waals surface area contributed by atoms with Crippen LogP contribution in [0.3, 0.4) is 0 Å². The molecule has 0 saturated heterocycles. The first-order chi connectivity index (χ1) is 9.40. The molecule has 2 rings (SSSR count). The van der Waals surface area contributed by atoms with Crippen molar-refractivity contribution in [3.63, 3.8) is 0 Å². The van der Waals surface area contributed by atoms with Crippen molar-refractivity contribution in [2.75, 3.05) is 33.5 Å². The largest absolute Gasteiger partial charge is 0.382 e. The maximum Gasteiger partial charge on any atom is 0.0700 e. The number of nitrogens with one attached hydrogen (secondary N) is 1. The molecule has 3 heteroatoms. The van der Waals surface area contributed by atoms with Crippen molar-refractivity contribution in [3.8, 4) is 0 Å². The molecule has 0 aliphatic heterocycles. The highest BCUT2D eigenvalue weighted by Gasteiger charge is 2.34. The lowest BCUT2D eigenvalue weighted by molar-refractivity contribution is 0.0686. The van der Waals surface area contributed by atoms with Crippen LogP contribution in [0.2, 0.25) is 0 Å². The topological polar surface area (TPSA) is 30.5 Å². The Bertz CT molecular complexity index is 231. The summed E-state index contributed by atoms with van der Waals surface area (Å²) in [7, 11) is 1.71. The number of methoxy groups -OCH3 is 1. The van der Waals surface area contributed by atoms with E-state index in [9.17, 15) is 0 Å². The highest BCUT2D eigenvalue weighted by molar-refractivity contribution is 4.87. The van der Waals surface area contributed by atoms with Gasteiger partial charge in [0.15, 0.2) is 0 Å². The summed E-state index contributed by atoms with van der Waals surface area (Å²) >= 11 is 0. The second kappa shape index (κ2) is 8.93. The predicted molar refractivity (Wildman–Crippen MR) is 78.4 cm³/mol. The van der Waals surface area contributed by atoms with Crippen LogP contribution in [0.15, 0.2) is 0 Å². The zero-order chi connectivity index (χ0) is 13.3. The number of ether oxygens (including phenoxy) is 2. The first-order valence-electron chi connectivity index (χ1n) is 8.20. The van der Waals surface area contributed by atoms with Gasteiger partial charge >= 0.3 is 0 Å². The summed E-state index contributed by atoms with van der Waals surface area (Å²) in [6.07, 6.45) is 11.2. The third kappa shape index (κ3) is 6.24. The van der Waals surface area contributed by atoms with E-state index in [-0.39, 0.29) is 0 Å². The van der Waals surface area contributed by atoms with Crippen molar-refractivity contribution >= 4 is 0 Å². The first kappa shape index (κ1) is 15.3. The van der Waals surface area contributed by atoms with E-state index in [2.05, 4.69) is 5.32 Å². The van der Waals surface area contributed by atoms with Gasteiger partial charge < -0.3 is 14.8 Å².